The average molecular weight is 210 g/mol. The van der Waals surface area contributed by atoms with Crippen molar-refractivity contribution in [1.82, 2.24) is 10.2 Å². The minimum Gasteiger partial charge on any atom is -0.339 e. The molecular weight excluding hydrogens is 197 g/mol. The standard InChI is InChI=1S/C8H13F3N2O/c1-12-6-4-13(5-6)7(14)2-3-8(9,10)11/h6,12H,2-5H2,1H3. The van der Waals surface area contributed by atoms with Gasteiger partial charge in [0.2, 0.25) is 5.91 Å². The van der Waals surface area contributed by atoms with Gasteiger partial charge in [0.1, 0.15) is 0 Å². The predicted molar refractivity (Wildman–Crippen MR) is 44.7 cm³/mol. The Hall–Kier alpha value is -0.780. The van der Waals surface area contributed by atoms with Crippen LogP contribution in [0.25, 0.3) is 0 Å². The van der Waals surface area contributed by atoms with Crippen LogP contribution < -0.4 is 5.32 Å². The lowest BCUT2D eigenvalue weighted by atomic mass is 10.1. The highest BCUT2D eigenvalue weighted by Gasteiger charge is 2.33. The summed E-state index contributed by atoms with van der Waals surface area (Å²) in [7, 11) is 1.77. The molecule has 0 saturated carbocycles. The van der Waals surface area contributed by atoms with E-state index in [2.05, 4.69) is 5.32 Å². The monoisotopic (exact) mass is 210 g/mol. The van der Waals surface area contributed by atoms with Gasteiger partial charge in [-0.05, 0) is 7.05 Å². The van der Waals surface area contributed by atoms with Crippen LogP contribution in [0.2, 0.25) is 0 Å². The van der Waals surface area contributed by atoms with E-state index in [1.807, 2.05) is 0 Å². The lowest BCUT2D eigenvalue weighted by Crippen LogP contribution is -2.58. The fourth-order valence-corrected chi connectivity index (χ4v) is 1.27. The minimum atomic E-state index is -4.23. The van der Waals surface area contributed by atoms with Gasteiger partial charge < -0.3 is 10.2 Å². The Kier molecular flexibility index (Phi) is 3.36. The largest absolute Gasteiger partial charge is 0.389 e. The molecule has 0 aromatic rings. The van der Waals surface area contributed by atoms with Crippen molar-refractivity contribution in [1.29, 1.82) is 0 Å². The number of nitrogens with one attached hydrogen (secondary N) is 1. The van der Waals surface area contributed by atoms with Gasteiger partial charge in [0.15, 0.2) is 0 Å². The van der Waals surface area contributed by atoms with Crippen molar-refractivity contribution >= 4 is 5.91 Å². The molecule has 0 radical (unpaired) electrons. The van der Waals surface area contributed by atoms with Gasteiger partial charge in [0.25, 0.3) is 0 Å². The molecule has 1 aliphatic heterocycles. The van der Waals surface area contributed by atoms with Gasteiger partial charge in [-0.25, -0.2) is 0 Å². The number of alkyl halides is 3. The Bertz CT molecular complexity index is 211. The maximum absolute atomic E-state index is 11.8. The summed E-state index contributed by atoms with van der Waals surface area (Å²) in [5.41, 5.74) is 0. The minimum absolute atomic E-state index is 0.241. The van der Waals surface area contributed by atoms with Gasteiger partial charge in [-0.2, -0.15) is 13.2 Å². The maximum Gasteiger partial charge on any atom is 0.389 e. The summed E-state index contributed by atoms with van der Waals surface area (Å²) in [6, 6.07) is 0.241. The Labute approximate surface area is 80.3 Å². The first kappa shape index (κ1) is 11.3. The number of nitrogens with zero attached hydrogens (tertiary/aromatic N) is 1. The van der Waals surface area contributed by atoms with Crippen molar-refractivity contribution in [2.75, 3.05) is 20.1 Å². The third-order valence-electron chi connectivity index (χ3n) is 2.26. The van der Waals surface area contributed by atoms with Gasteiger partial charge >= 0.3 is 6.18 Å². The van der Waals surface area contributed by atoms with Crippen molar-refractivity contribution in [2.24, 2.45) is 0 Å². The third-order valence-corrected chi connectivity index (χ3v) is 2.26. The highest BCUT2D eigenvalue weighted by Crippen LogP contribution is 2.22. The SMILES string of the molecule is CNC1CN(C(=O)CCC(F)(F)F)C1. The molecule has 1 rings (SSSR count). The summed E-state index contributed by atoms with van der Waals surface area (Å²) in [5.74, 6) is -0.408. The van der Waals surface area contributed by atoms with Crippen LogP contribution in [0.1, 0.15) is 12.8 Å². The van der Waals surface area contributed by atoms with Crippen LogP contribution in [-0.2, 0) is 4.79 Å². The zero-order valence-electron chi connectivity index (χ0n) is 7.90. The van der Waals surface area contributed by atoms with Gasteiger partial charge in [0.05, 0.1) is 6.42 Å². The molecule has 0 aromatic carbocycles. The highest BCUT2D eigenvalue weighted by molar-refractivity contribution is 5.77. The Morgan fingerprint density at radius 2 is 2.07 bits per heavy atom. The van der Waals surface area contributed by atoms with E-state index >= 15 is 0 Å². The number of amides is 1. The molecule has 6 heteroatoms. The van der Waals surface area contributed by atoms with Crippen molar-refractivity contribution in [3.05, 3.63) is 0 Å². The predicted octanol–water partition coefficient (Wildman–Crippen LogP) is 0.759. The summed E-state index contributed by atoms with van der Waals surface area (Å²) >= 11 is 0. The van der Waals surface area contributed by atoms with E-state index in [9.17, 15) is 18.0 Å². The summed E-state index contributed by atoms with van der Waals surface area (Å²) in [5, 5.41) is 2.94. The van der Waals surface area contributed by atoms with Crippen LogP contribution in [0, 0.1) is 0 Å². The number of likely N-dealkylation sites (N-methyl/N-ethyl adjacent to an activating group) is 1. The smallest absolute Gasteiger partial charge is 0.339 e. The van der Waals surface area contributed by atoms with E-state index in [4.69, 9.17) is 0 Å². The molecule has 0 atom stereocenters. The molecule has 1 N–H and O–H groups in total. The molecule has 0 aliphatic carbocycles. The number of hydrogen-bond acceptors (Lipinski definition) is 2. The van der Waals surface area contributed by atoms with Crippen LogP contribution in [0.4, 0.5) is 13.2 Å². The Morgan fingerprint density at radius 3 is 2.50 bits per heavy atom. The van der Waals surface area contributed by atoms with Crippen LogP contribution in [0.15, 0.2) is 0 Å². The molecule has 1 amide bonds. The normalized spacial score (nSPS) is 18.1. The van der Waals surface area contributed by atoms with E-state index in [-0.39, 0.29) is 6.04 Å². The van der Waals surface area contributed by atoms with Gasteiger partial charge in [-0.3, -0.25) is 4.79 Å². The lowest BCUT2D eigenvalue weighted by molar-refractivity contribution is -0.151. The van der Waals surface area contributed by atoms with E-state index in [1.54, 1.807) is 7.05 Å². The van der Waals surface area contributed by atoms with Crippen LogP contribution in [0.3, 0.4) is 0 Å². The van der Waals surface area contributed by atoms with E-state index < -0.39 is 24.9 Å². The molecular formula is C8H13F3N2O. The van der Waals surface area contributed by atoms with Crippen molar-refractivity contribution in [3.8, 4) is 0 Å². The van der Waals surface area contributed by atoms with Crippen molar-refractivity contribution < 1.29 is 18.0 Å². The number of carbonyl (C=O) groups is 1. The van der Waals surface area contributed by atoms with Gasteiger partial charge in [-0.1, -0.05) is 0 Å². The summed E-state index contributed by atoms with van der Waals surface area (Å²) < 4.78 is 35.3. The summed E-state index contributed by atoms with van der Waals surface area (Å²) in [6.45, 7) is 1.04. The topological polar surface area (TPSA) is 32.3 Å². The quantitative estimate of drug-likeness (QED) is 0.745. The molecule has 3 nitrogen and oxygen atoms in total. The van der Waals surface area contributed by atoms with Gasteiger partial charge in [-0.15, -0.1) is 0 Å². The lowest BCUT2D eigenvalue weighted by Gasteiger charge is -2.39. The Balaban J connectivity index is 2.18. The van der Waals surface area contributed by atoms with E-state index in [0.717, 1.165) is 0 Å². The number of rotatable bonds is 3. The summed E-state index contributed by atoms with van der Waals surface area (Å²) in [4.78, 5) is 12.6. The number of hydrogen-bond donors (Lipinski definition) is 1. The summed E-state index contributed by atoms with van der Waals surface area (Å²) in [6.07, 6.45) is -5.69. The molecule has 1 fully saturated rings. The first-order valence-corrected chi connectivity index (χ1v) is 4.44. The maximum atomic E-state index is 11.8. The highest BCUT2D eigenvalue weighted by atomic mass is 19.4. The second kappa shape index (κ2) is 4.16. The van der Waals surface area contributed by atoms with E-state index in [1.165, 1.54) is 4.90 Å². The number of halogens is 3. The molecule has 1 aliphatic rings. The molecule has 82 valence electrons. The molecule has 0 spiro atoms. The van der Waals surface area contributed by atoms with Crippen LogP contribution in [0.5, 0.6) is 0 Å². The zero-order chi connectivity index (χ0) is 10.8. The molecule has 1 heterocycles. The fourth-order valence-electron chi connectivity index (χ4n) is 1.27. The van der Waals surface area contributed by atoms with Crippen LogP contribution in [-0.4, -0.2) is 43.2 Å². The number of likely N-dealkylation sites (tertiary alicyclic amines) is 1. The second-order valence-electron chi connectivity index (χ2n) is 3.40. The molecule has 0 aromatic heterocycles. The fraction of sp³-hybridized carbons (Fsp3) is 0.875. The van der Waals surface area contributed by atoms with Crippen LogP contribution >= 0.6 is 0 Å². The first-order chi connectivity index (χ1) is 6.42. The average Bonchev–Trinajstić information content (AvgIpc) is 1.97. The number of carbonyl (C=O) groups excluding carboxylic acids is 1. The molecule has 14 heavy (non-hydrogen) atoms. The Morgan fingerprint density at radius 1 is 1.50 bits per heavy atom. The second-order valence-corrected chi connectivity index (χ2v) is 3.40. The molecule has 0 bridgehead atoms. The molecule has 0 unspecified atom stereocenters. The van der Waals surface area contributed by atoms with E-state index in [0.29, 0.717) is 13.1 Å². The zero-order valence-corrected chi connectivity index (χ0v) is 7.90. The molecule has 1 saturated heterocycles. The first-order valence-electron chi connectivity index (χ1n) is 4.44. The van der Waals surface area contributed by atoms with Gasteiger partial charge in [0, 0.05) is 25.6 Å². The van der Waals surface area contributed by atoms with Crippen molar-refractivity contribution in [3.63, 3.8) is 0 Å². The van der Waals surface area contributed by atoms with Crippen molar-refractivity contribution in [2.45, 2.75) is 25.1 Å². The third kappa shape index (κ3) is 3.17.